The van der Waals surface area contributed by atoms with Crippen LogP contribution in [0.25, 0.3) is 0 Å². The van der Waals surface area contributed by atoms with Crippen LogP contribution in [0.1, 0.15) is 16.8 Å². The largest absolute Gasteiger partial charge is 0.480 e. The van der Waals surface area contributed by atoms with Crippen molar-refractivity contribution in [2.24, 2.45) is 5.73 Å². The zero-order valence-electron chi connectivity index (χ0n) is 9.09. The van der Waals surface area contributed by atoms with Crippen molar-refractivity contribution in [2.75, 3.05) is 0 Å². The number of halogens is 1. The van der Waals surface area contributed by atoms with Gasteiger partial charge in [-0.15, -0.1) is 0 Å². The first-order chi connectivity index (χ1) is 8.41. The second kappa shape index (κ2) is 5.97. The number of carbonyl (C=O) groups is 3. The Bertz CT molecular complexity index is 492. The summed E-state index contributed by atoms with van der Waals surface area (Å²) in [5, 5.41) is 11.1. The minimum Gasteiger partial charge on any atom is -0.480 e. The third-order valence-electron chi connectivity index (χ3n) is 2.03. The summed E-state index contributed by atoms with van der Waals surface area (Å²) in [5.74, 6) is -2.90. The molecule has 0 saturated carbocycles. The van der Waals surface area contributed by atoms with Gasteiger partial charge < -0.3 is 16.2 Å². The molecule has 96 valence electrons. The number of rotatable bonds is 5. The van der Waals surface area contributed by atoms with E-state index in [0.29, 0.717) is 0 Å². The summed E-state index contributed by atoms with van der Waals surface area (Å²) < 4.78 is 0. The minimum absolute atomic E-state index is 0.0717. The Morgan fingerprint density at radius 1 is 1.50 bits per heavy atom. The predicted molar refractivity (Wildman–Crippen MR) is 61.9 cm³/mol. The molecular formula is C10H10ClN3O4. The van der Waals surface area contributed by atoms with Crippen molar-refractivity contribution in [3.63, 3.8) is 0 Å². The number of nitrogens with zero attached hydrogens (tertiary/aromatic N) is 1. The van der Waals surface area contributed by atoms with E-state index in [1.54, 1.807) is 0 Å². The number of aromatic nitrogens is 1. The average molecular weight is 272 g/mol. The number of carbonyl (C=O) groups excluding carboxylic acids is 2. The van der Waals surface area contributed by atoms with E-state index in [9.17, 15) is 14.4 Å². The van der Waals surface area contributed by atoms with Gasteiger partial charge in [-0.1, -0.05) is 11.6 Å². The van der Waals surface area contributed by atoms with Crippen LogP contribution in [0, 0.1) is 0 Å². The Kier molecular flexibility index (Phi) is 4.61. The zero-order chi connectivity index (χ0) is 13.7. The van der Waals surface area contributed by atoms with Gasteiger partial charge in [-0.2, -0.15) is 0 Å². The number of aliphatic carboxylic acids is 1. The standard InChI is InChI=1S/C10H10ClN3O4/c11-6-4-13-2-1-5(6)9(16)14-7(10(17)18)3-8(12)15/h1-2,4,7H,3H2,(H2,12,15)(H,14,16)(H,17,18)/t7-/m0/s1. The molecule has 0 saturated heterocycles. The first-order valence-electron chi connectivity index (χ1n) is 4.83. The summed E-state index contributed by atoms with van der Waals surface area (Å²) in [4.78, 5) is 36.9. The monoisotopic (exact) mass is 271 g/mol. The molecule has 0 aliphatic rings. The van der Waals surface area contributed by atoms with Gasteiger partial charge in [0.1, 0.15) is 6.04 Å². The highest BCUT2D eigenvalue weighted by Gasteiger charge is 2.23. The number of pyridine rings is 1. The van der Waals surface area contributed by atoms with Crippen LogP contribution in [-0.4, -0.2) is 33.9 Å². The molecule has 0 aliphatic carbocycles. The highest BCUT2D eigenvalue weighted by atomic mass is 35.5. The third kappa shape index (κ3) is 3.70. The van der Waals surface area contributed by atoms with Crippen molar-refractivity contribution in [1.29, 1.82) is 0 Å². The first kappa shape index (κ1) is 13.9. The summed E-state index contributed by atoms with van der Waals surface area (Å²) in [7, 11) is 0. The molecule has 0 spiro atoms. The molecule has 0 radical (unpaired) electrons. The summed E-state index contributed by atoms with van der Waals surface area (Å²) in [6.45, 7) is 0. The van der Waals surface area contributed by atoms with Crippen LogP contribution in [0.4, 0.5) is 0 Å². The van der Waals surface area contributed by atoms with Gasteiger partial charge in [0.15, 0.2) is 0 Å². The molecule has 1 aromatic rings. The Labute approximate surface area is 107 Å². The van der Waals surface area contributed by atoms with Gasteiger partial charge in [0.2, 0.25) is 5.91 Å². The van der Waals surface area contributed by atoms with Gasteiger partial charge in [0.25, 0.3) is 5.91 Å². The van der Waals surface area contributed by atoms with E-state index in [2.05, 4.69) is 10.3 Å². The van der Waals surface area contributed by atoms with Gasteiger partial charge in [0.05, 0.1) is 17.0 Å². The topological polar surface area (TPSA) is 122 Å². The minimum atomic E-state index is -1.39. The van der Waals surface area contributed by atoms with Crippen molar-refractivity contribution >= 4 is 29.4 Å². The Balaban J connectivity index is 2.82. The molecule has 0 bridgehead atoms. The molecule has 0 aromatic carbocycles. The molecule has 0 aliphatic heterocycles. The molecular weight excluding hydrogens is 262 g/mol. The lowest BCUT2D eigenvalue weighted by Crippen LogP contribution is -2.43. The lowest BCUT2D eigenvalue weighted by molar-refractivity contribution is -0.140. The van der Waals surface area contributed by atoms with Crippen LogP contribution in [-0.2, 0) is 9.59 Å². The average Bonchev–Trinajstić information content (AvgIpc) is 2.27. The highest BCUT2D eigenvalue weighted by Crippen LogP contribution is 2.13. The second-order valence-electron chi connectivity index (χ2n) is 3.39. The molecule has 4 N–H and O–H groups in total. The van der Waals surface area contributed by atoms with Gasteiger partial charge in [0, 0.05) is 12.4 Å². The molecule has 1 rings (SSSR count). The third-order valence-corrected chi connectivity index (χ3v) is 2.33. The number of carboxylic acids is 1. The molecule has 18 heavy (non-hydrogen) atoms. The van der Waals surface area contributed by atoms with Crippen LogP contribution in [0.3, 0.4) is 0 Å². The van der Waals surface area contributed by atoms with Crippen molar-refractivity contribution < 1.29 is 19.5 Å². The summed E-state index contributed by atoms with van der Waals surface area (Å²) in [6.07, 6.45) is 2.09. The van der Waals surface area contributed by atoms with Gasteiger partial charge in [-0.25, -0.2) is 4.79 Å². The van der Waals surface area contributed by atoms with Crippen molar-refractivity contribution in [2.45, 2.75) is 12.5 Å². The maximum absolute atomic E-state index is 11.7. The Hall–Kier alpha value is -2.15. The normalized spacial score (nSPS) is 11.6. The van der Waals surface area contributed by atoms with E-state index in [4.69, 9.17) is 22.4 Å². The predicted octanol–water partition coefficient (Wildman–Crippen LogP) is -0.207. The SMILES string of the molecule is NC(=O)C[C@H](NC(=O)c1ccncc1Cl)C(=O)O. The first-order valence-corrected chi connectivity index (χ1v) is 5.21. The van der Waals surface area contributed by atoms with Gasteiger partial charge in [-0.3, -0.25) is 14.6 Å². The van der Waals surface area contributed by atoms with Crippen molar-refractivity contribution in [1.82, 2.24) is 10.3 Å². The number of primary amides is 1. The lowest BCUT2D eigenvalue weighted by Gasteiger charge is -2.13. The molecule has 1 aromatic heterocycles. The van der Waals surface area contributed by atoms with Crippen LogP contribution < -0.4 is 11.1 Å². The molecule has 0 unspecified atom stereocenters. The summed E-state index contributed by atoms with van der Waals surface area (Å²) in [6, 6.07) is -0.0554. The molecule has 0 fully saturated rings. The number of amides is 2. The van der Waals surface area contributed by atoms with Gasteiger partial charge in [-0.05, 0) is 6.07 Å². The zero-order valence-corrected chi connectivity index (χ0v) is 9.85. The summed E-state index contributed by atoms with van der Waals surface area (Å²) in [5.41, 5.74) is 4.96. The van der Waals surface area contributed by atoms with Crippen LogP contribution in [0.2, 0.25) is 5.02 Å². The van der Waals surface area contributed by atoms with E-state index in [1.807, 2.05) is 0 Å². The second-order valence-corrected chi connectivity index (χ2v) is 3.80. The molecule has 1 atom stereocenters. The fourth-order valence-corrected chi connectivity index (χ4v) is 1.40. The van der Waals surface area contributed by atoms with Crippen LogP contribution in [0.5, 0.6) is 0 Å². The maximum Gasteiger partial charge on any atom is 0.326 e. The molecule has 8 heteroatoms. The van der Waals surface area contributed by atoms with E-state index < -0.39 is 30.2 Å². The van der Waals surface area contributed by atoms with Crippen molar-refractivity contribution in [3.05, 3.63) is 29.0 Å². The van der Waals surface area contributed by atoms with E-state index in [1.165, 1.54) is 18.5 Å². The Morgan fingerprint density at radius 3 is 2.67 bits per heavy atom. The van der Waals surface area contributed by atoms with Crippen LogP contribution in [0.15, 0.2) is 18.5 Å². The lowest BCUT2D eigenvalue weighted by atomic mass is 10.1. The number of nitrogens with one attached hydrogen (secondary N) is 1. The number of hydrogen-bond donors (Lipinski definition) is 3. The van der Waals surface area contributed by atoms with Crippen molar-refractivity contribution in [3.8, 4) is 0 Å². The molecule has 7 nitrogen and oxygen atoms in total. The Morgan fingerprint density at radius 2 is 2.17 bits per heavy atom. The molecule has 2 amide bonds. The van der Waals surface area contributed by atoms with E-state index in [-0.39, 0.29) is 10.6 Å². The smallest absolute Gasteiger partial charge is 0.326 e. The number of carboxylic acid groups (broad SMARTS) is 1. The quantitative estimate of drug-likeness (QED) is 0.684. The van der Waals surface area contributed by atoms with Crippen LogP contribution >= 0.6 is 11.6 Å². The fraction of sp³-hybridized carbons (Fsp3) is 0.200. The fourth-order valence-electron chi connectivity index (χ4n) is 1.20. The maximum atomic E-state index is 11.7. The number of nitrogens with two attached hydrogens (primary N) is 1. The summed E-state index contributed by atoms with van der Waals surface area (Å²) >= 11 is 5.73. The molecule has 1 heterocycles. The highest BCUT2D eigenvalue weighted by molar-refractivity contribution is 6.33. The van der Waals surface area contributed by atoms with E-state index >= 15 is 0 Å². The van der Waals surface area contributed by atoms with E-state index in [0.717, 1.165) is 0 Å². The number of hydrogen-bond acceptors (Lipinski definition) is 4. The van der Waals surface area contributed by atoms with Gasteiger partial charge >= 0.3 is 5.97 Å².